The lowest BCUT2D eigenvalue weighted by molar-refractivity contribution is 0.755. The molecule has 0 bridgehead atoms. The summed E-state index contributed by atoms with van der Waals surface area (Å²) in [4.78, 5) is 4.17. The zero-order valence-electron chi connectivity index (χ0n) is 6.20. The predicted molar refractivity (Wildman–Crippen MR) is 46.2 cm³/mol. The Morgan fingerprint density at radius 3 is 2.40 bits per heavy atom. The van der Waals surface area contributed by atoms with Crippen LogP contribution in [-0.2, 0) is 4.75 Å². The van der Waals surface area contributed by atoms with E-state index in [1.165, 1.54) is 0 Å². The molecule has 0 aliphatic carbocycles. The van der Waals surface area contributed by atoms with Gasteiger partial charge >= 0.3 is 0 Å². The number of hydrogen-bond donors (Lipinski definition) is 1. The van der Waals surface area contributed by atoms with Crippen molar-refractivity contribution in [2.45, 2.75) is 18.6 Å². The zero-order chi connectivity index (χ0) is 7.61. The van der Waals surface area contributed by atoms with Crippen molar-refractivity contribution in [3.63, 3.8) is 0 Å². The SMILES string of the molecule is CC(C)(S)c1ccccn1. The fourth-order valence-electron chi connectivity index (χ4n) is 0.725. The molecule has 1 aromatic heterocycles. The summed E-state index contributed by atoms with van der Waals surface area (Å²) in [5, 5.41) is 0. The topological polar surface area (TPSA) is 12.9 Å². The highest BCUT2D eigenvalue weighted by atomic mass is 32.1. The molecule has 0 aliphatic heterocycles. The number of thiol groups is 1. The lowest BCUT2D eigenvalue weighted by atomic mass is 10.1. The van der Waals surface area contributed by atoms with Gasteiger partial charge in [0, 0.05) is 10.9 Å². The molecule has 1 rings (SSSR count). The smallest absolute Gasteiger partial charge is 0.0556 e. The third-order valence-corrected chi connectivity index (χ3v) is 1.52. The van der Waals surface area contributed by atoms with Gasteiger partial charge in [0.25, 0.3) is 0 Å². The van der Waals surface area contributed by atoms with E-state index in [1.807, 2.05) is 32.0 Å². The van der Waals surface area contributed by atoms with Crippen LogP contribution >= 0.6 is 12.6 Å². The van der Waals surface area contributed by atoms with Crippen molar-refractivity contribution in [3.05, 3.63) is 30.1 Å². The Hall–Kier alpha value is -0.500. The Balaban J connectivity index is 2.97. The van der Waals surface area contributed by atoms with Crippen LogP contribution in [0.25, 0.3) is 0 Å². The summed E-state index contributed by atoms with van der Waals surface area (Å²) in [7, 11) is 0. The second-order valence-electron chi connectivity index (χ2n) is 2.77. The monoisotopic (exact) mass is 153 g/mol. The minimum absolute atomic E-state index is 0.124. The first-order chi connectivity index (χ1) is 4.61. The van der Waals surface area contributed by atoms with E-state index >= 15 is 0 Å². The number of aromatic nitrogens is 1. The minimum Gasteiger partial charge on any atom is -0.260 e. The van der Waals surface area contributed by atoms with Crippen molar-refractivity contribution in [1.29, 1.82) is 0 Å². The number of rotatable bonds is 1. The van der Waals surface area contributed by atoms with Gasteiger partial charge in [-0.05, 0) is 26.0 Å². The summed E-state index contributed by atoms with van der Waals surface area (Å²) in [6, 6.07) is 5.86. The Morgan fingerprint density at radius 2 is 2.10 bits per heavy atom. The van der Waals surface area contributed by atoms with Gasteiger partial charge in [-0.1, -0.05) is 6.07 Å². The number of hydrogen-bond acceptors (Lipinski definition) is 2. The molecule has 10 heavy (non-hydrogen) atoms. The van der Waals surface area contributed by atoms with Crippen molar-refractivity contribution in [2.24, 2.45) is 0 Å². The van der Waals surface area contributed by atoms with E-state index < -0.39 is 0 Å². The molecule has 54 valence electrons. The summed E-state index contributed by atoms with van der Waals surface area (Å²) in [6.45, 7) is 4.05. The molecule has 0 saturated carbocycles. The standard InChI is InChI=1S/C8H11NS/c1-8(2,10)7-5-3-4-6-9-7/h3-6,10H,1-2H3. The quantitative estimate of drug-likeness (QED) is 0.610. The minimum atomic E-state index is -0.124. The first kappa shape index (κ1) is 7.61. The van der Waals surface area contributed by atoms with E-state index in [4.69, 9.17) is 0 Å². The van der Waals surface area contributed by atoms with Crippen LogP contribution in [0.1, 0.15) is 19.5 Å². The molecule has 0 fully saturated rings. The predicted octanol–water partition coefficient (Wildman–Crippen LogP) is 2.25. The molecule has 0 saturated heterocycles. The molecule has 0 aliphatic rings. The van der Waals surface area contributed by atoms with Gasteiger partial charge in [-0.25, -0.2) is 0 Å². The molecule has 2 heteroatoms. The Labute approximate surface area is 66.9 Å². The normalized spacial score (nSPS) is 11.5. The number of nitrogens with zero attached hydrogens (tertiary/aromatic N) is 1. The third kappa shape index (κ3) is 1.74. The second kappa shape index (κ2) is 2.62. The van der Waals surface area contributed by atoms with Crippen LogP contribution in [0.3, 0.4) is 0 Å². The summed E-state index contributed by atoms with van der Waals surface area (Å²) in [5.41, 5.74) is 1.01. The van der Waals surface area contributed by atoms with Crippen molar-refractivity contribution in [1.82, 2.24) is 4.98 Å². The fraction of sp³-hybridized carbons (Fsp3) is 0.375. The first-order valence-electron chi connectivity index (χ1n) is 3.24. The Morgan fingerprint density at radius 1 is 1.40 bits per heavy atom. The molecule has 0 unspecified atom stereocenters. The molecule has 0 aromatic carbocycles. The van der Waals surface area contributed by atoms with Gasteiger partial charge in [-0.2, -0.15) is 12.6 Å². The Kier molecular flexibility index (Phi) is 2.00. The highest BCUT2D eigenvalue weighted by molar-refractivity contribution is 7.81. The van der Waals surface area contributed by atoms with Crippen LogP contribution in [0.5, 0.6) is 0 Å². The van der Waals surface area contributed by atoms with E-state index in [0.717, 1.165) is 5.69 Å². The van der Waals surface area contributed by atoms with Gasteiger partial charge in [0.1, 0.15) is 0 Å². The average Bonchev–Trinajstić information content (AvgIpc) is 1.88. The van der Waals surface area contributed by atoms with Crippen LogP contribution in [-0.4, -0.2) is 4.98 Å². The number of pyridine rings is 1. The fourth-order valence-corrected chi connectivity index (χ4v) is 0.857. The van der Waals surface area contributed by atoms with E-state index in [1.54, 1.807) is 6.20 Å². The van der Waals surface area contributed by atoms with E-state index in [9.17, 15) is 0 Å². The van der Waals surface area contributed by atoms with Crippen molar-refractivity contribution < 1.29 is 0 Å². The van der Waals surface area contributed by atoms with E-state index in [2.05, 4.69) is 17.6 Å². The molecular weight excluding hydrogens is 142 g/mol. The van der Waals surface area contributed by atoms with Gasteiger partial charge in [0.2, 0.25) is 0 Å². The van der Waals surface area contributed by atoms with Gasteiger partial charge in [-0.3, -0.25) is 4.98 Å². The van der Waals surface area contributed by atoms with E-state index in [0.29, 0.717) is 0 Å². The van der Waals surface area contributed by atoms with Crippen LogP contribution in [0.4, 0.5) is 0 Å². The molecule has 1 nitrogen and oxygen atoms in total. The molecule has 0 amide bonds. The molecule has 1 heterocycles. The maximum atomic E-state index is 4.38. The van der Waals surface area contributed by atoms with Crippen molar-refractivity contribution >= 4 is 12.6 Å². The maximum absolute atomic E-state index is 4.38. The van der Waals surface area contributed by atoms with Crippen LogP contribution < -0.4 is 0 Å². The molecule has 0 atom stereocenters. The lowest BCUT2D eigenvalue weighted by Crippen LogP contribution is -2.09. The Bertz CT molecular complexity index is 200. The third-order valence-electron chi connectivity index (χ3n) is 1.29. The molecule has 1 aromatic rings. The van der Waals surface area contributed by atoms with Gasteiger partial charge < -0.3 is 0 Å². The molecular formula is C8H11NS. The molecule has 0 N–H and O–H groups in total. The summed E-state index contributed by atoms with van der Waals surface area (Å²) >= 11 is 4.38. The summed E-state index contributed by atoms with van der Waals surface area (Å²) in [6.07, 6.45) is 1.79. The average molecular weight is 153 g/mol. The summed E-state index contributed by atoms with van der Waals surface area (Å²) in [5.74, 6) is 0. The first-order valence-corrected chi connectivity index (χ1v) is 3.69. The van der Waals surface area contributed by atoms with Gasteiger partial charge in [0.15, 0.2) is 0 Å². The lowest BCUT2D eigenvalue weighted by Gasteiger charge is -2.15. The highest BCUT2D eigenvalue weighted by Gasteiger charge is 2.14. The molecule has 0 spiro atoms. The van der Waals surface area contributed by atoms with E-state index in [-0.39, 0.29) is 4.75 Å². The summed E-state index contributed by atoms with van der Waals surface area (Å²) < 4.78 is -0.124. The van der Waals surface area contributed by atoms with Gasteiger partial charge in [0.05, 0.1) is 5.69 Å². The van der Waals surface area contributed by atoms with Crippen LogP contribution in [0.15, 0.2) is 24.4 Å². The molecule has 0 radical (unpaired) electrons. The van der Waals surface area contributed by atoms with Gasteiger partial charge in [-0.15, -0.1) is 0 Å². The maximum Gasteiger partial charge on any atom is 0.0556 e. The van der Waals surface area contributed by atoms with Crippen molar-refractivity contribution in [2.75, 3.05) is 0 Å². The van der Waals surface area contributed by atoms with Crippen LogP contribution in [0.2, 0.25) is 0 Å². The highest BCUT2D eigenvalue weighted by Crippen LogP contribution is 2.23. The largest absolute Gasteiger partial charge is 0.260 e. The zero-order valence-corrected chi connectivity index (χ0v) is 7.10. The van der Waals surface area contributed by atoms with Crippen LogP contribution in [0, 0.1) is 0 Å². The van der Waals surface area contributed by atoms with Crippen molar-refractivity contribution in [3.8, 4) is 0 Å². The second-order valence-corrected chi connectivity index (χ2v) is 3.89.